The van der Waals surface area contributed by atoms with E-state index in [1.54, 1.807) is 12.3 Å². The molecule has 1 aromatic rings. The van der Waals surface area contributed by atoms with Crippen molar-refractivity contribution < 1.29 is 14.6 Å². The number of ether oxygens (including phenoxy) is 1. The van der Waals surface area contributed by atoms with Gasteiger partial charge in [0, 0.05) is 31.8 Å². The lowest BCUT2D eigenvalue weighted by molar-refractivity contribution is -0.138. The molecule has 6 heteroatoms. The number of carboxylic acids is 1. The monoisotopic (exact) mass is 279 g/mol. The van der Waals surface area contributed by atoms with E-state index in [1.165, 1.54) is 0 Å². The van der Waals surface area contributed by atoms with Gasteiger partial charge in [0.2, 0.25) is 11.8 Å². The second kappa shape index (κ2) is 7.07. The van der Waals surface area contributed by atoms with Crippen LogP contribution >= 0.6 is 0 Å². The summed E-state index contributed by atoms with van der Waals surface area (Å²) in [7, 11) is 0. The molecule has 0 unspecified atom stereocenters. The number of carbonyl (C=O) groups is 1. The number of hydrogen-bond acceptors (Lipinski definition) is 5. The van der Waals surface area contributed by atoms with Crippen molar-refractivity contribution in [1.82, 2.24) is 9.97 Å². The molecule has 20 heavy (non-hydrogen) atoms. The largest absolute Gasteiger partial charge is 0.481 e. The highest BCUT2D eigenvalue weighted by Gasteiger charge is 2.22. The van der Waals surface area contributed by atoms with E-state index in [1.807, 2.05) is 0 Å². The third-order valence-corrected chi connectivity index (χ3v) is 3.43. The Morgan fingerprint density at radius 2 is 2.25 bits per heavy atom. The van der Waals surface area contributed by atoms with Gasteiger partial charge in [-0.25, -0.2) is 4.98 Å². The summed E-state index contributed by atoms with van der Waals surface area (Å²) in [6.45, 7) is 4.30. The van der Waals surface area contributed by atoms with Crippen LogP contribution in [-0.4, -0.2) is 40.7 Å². The number of hydrogen-bond donors (Lipinski definition) is 1. The van der Waals surface area contributed by atoms with Crippen molar-refractivity contribution >= 4 is 11.9 Å². The van der Waals surface area contributed by atoms with Crippen molar-refractivity contribution in [3.8, 4) is 5.88 Å². The van der Waals surface area contributed by atoms with Crippen LogP contribution in [0.25, 0.3) is 0 Å². The first-order valence-corrected chi connectivity index (χ1v) is 7.11. The number of piperidine rings is 1. The zero-order chi connectivity index (χ0) is 14.4. The van der Waals surface area contributed by atoms with Gasteiger partial charge in [-0.15, -0.1) is 0 Å². The molecule has 0 aliphatic carbocycles. The molecule has 0 aromatic carbocycles. The molecule has 2 heterocycles. The van der Waals surface area contributed by atoms with Crippen LogP contribution in [0.3, 0.4) is 0 Å². The van der Waals surface area contributed by atoms with E-state index in [0.717, 1.165) is 32.4 Å². The van der Waals surface area contributed by atoms with E-state index >= 15 is 0 Å². The van der Waals surface area contributed by atoms with Gasteiger partial charge in [-0.1, -0.05) is 6.92 Å². The minimum Gasteiger partial charge on any atom is -0.481 e. The van der Waals surface area contributed by atoms with Crippen LogP contribution in [0.1, 0.15) is 32.6 Å². The molecule has 0 saturated carbocycles. The Hall–Kier alpha value is -1.85. The fourth-order valence-electron chi connectivity index (χ4n) is 2.36. The lowest BCUT2D eigenvalue weighted by Gasteiger charge is -2.31. The maximum atomic E-state index is 10.7. The van der Waals surface area contributed by atoms with Gasteiger partial charge in [0.05, 0.1) is 6.61 Å². The smallest absolute Gasteiger partial charge is 0.303 e. The van der Waals surface area contributed by atoms with E-state index in [4.69, 9.17) is 9.84 Å². The summed E-state index contributed by atoms with van der Waals surface area (Å²) in [4.78, 5) is 21.5. The van der Waals surface area contributed by atoms with Gasteiger partial charge in [-0.2, -0.15) is 4.98 Å². The van der Waals surface area contributed by atoms with Crippen LogP contribution in [0.2, 0.25) is 0 Å². The predicted molar refractivity (Wildman–Crippen MR) is 75.0 cm³/mol. The normalized spacial score (nSPS) is 16.1. The van der Waals surface area contributed by atoms with Crippen LogP contribution in [0.15, 0.2) is 12.3 Å². The van der Waals surface area contributed by atoms with E-state index in [-0.39, 0.29) is 12.3 Å². The standard InChI is InChI=1S/C14H21N3O3/c1-2-9-20-12-3-6-15-14(16-12)17-7-4-11(5-8-17)10-13(18)19/h3,6,11H,2,4-5,7-10H2,1H3,(H,18,19). The molecule has 0 amide bonds. The second-order valence-corrected chi connectivity index (χ2v) is 5.07. The van der Waals surface area contributed by atoms with Crippen LogP contribution in [-0.2, 0) is 4.79 Å². The topological polar surface area (TPSA) is 75.5 Å². The van der Waals surface area contributed by atoms with Gasteiger partial charge in [0.15, 0.2) is 0 Å². The number of rotatable bonds is 6. The third-order valence-electron chi connectivity index (χ3n) is 3.43. The Kier molecular flexibility index (Phi) is 5.15. The number of aromatic nitrogens is 2. The molecular formula is C14H21N3O3. The maximum Gasteiger partial charge on any atom is 0.303 e. The molecule has 1 fully saturated rings. The van der Waals surface area contributed by atoms with E-state index in [9.17, 15) is 4.79 Å². The highest BCUT2D eigenvalue weighted by atomic mass is 16.5. The van der Waals surface area contributed by atoms with Crippen molar-refractivity contribution in [2.75, 3.05) is 24.6 Å². The summed E-state index contributed by atoms with van der Waals surface area (Å²) in [5.41, 5.74) is 0. The summed E-state index contributed by atoms with van der Waals surface area (Å²) in [6, 6.07) is 1.76. The molecule has 110 valence electrons. The first kappa shape index (κ1) is 14.6. The summed E-state index contributed by atoms with van der Waals surface area (Å²) in [6.07, 6.45) is 4.65. The molecule has 0 atom stereocenters. The predicted octanol–water partition coefficient (Wildman–Crippen LogP) is 1.96. The molecule has 0 bridgehead atoms. The van der Waals surface area contributed by atoms with Crippen LogP contribution in [0.4, 0.5) is 5.95 Å². The fourth-order valence-corrected chi connectivity index (χ4v) is 2.36. The molecule has 0 spiro atoms. The average molecular weight is 279 g/mol. The van der Waals surface area contributed by atoms with E-state index in [0.29, 0.717) is 18.4 Å². The van der Waals surface area contributed by atoms with E-state index in [2.05, 4.69) is 21.8 Å². The minimum atomic E-state index is -0.713. The maximum absolute atomic E-state index is 10.7. The molecule has 1 aliphatic rings. The Balaban J connectivity index is 1.91. The third kappa shape index (κ3) is 4.08. The molecule has 6 nitrogen and oxygen atoms in total. The molecule has 2 rings (SSSR count). The quantitative estimate of drug-likeness (QED) is 0.858. The van der Waals surface area contributed by atoms with Gasteiger partial charge in [0.25, 0.3) is 0 Å². The summed E-state index contributed by atoms with van der Waals surface area (Å²) < 4.78 is 5.50. The highest BCUT2D eigenvalue weighted by Crippen LogP contribution is 2.23. The lowest BCUT2D eigenvalue weighted by atomic mass is 9.94. The molecule has 1 N–H and O–H groups in total. The first-order chi connectivity index (χ1) is 9.69. The van der Waals surface area contributed by atoms with E-state index < -0.39 is 5.97 Å². The Morgan fingerprint density at radius 3 is 2.90 bits per heavy atom. The van der Waals surface area contributed by atoms with Crippen LogP contribution < -0.4 is 9.64 Å². The van der Waals surface area contributed by atoms with Crippen LogP contribution in [0.5, 0.6) is 5.88 Å². The SMILES string of the molecule is CCCOc1ccnc(N2CCC(CC(=O)O)CC2)n1. The minimum absolute atomic E-state index is 0.258. The highest BCUT2D eigenvalue weighted by molar-refractivity contribution is 5.67. The molecule has 1 aromatic heterocycles. The van der Waals surface area contributed by atoms with Gasteiger partial charge in [0.1, 0.15) is 0 Å². The van der Waals surface area contributed by atoms with Crippen molar-refractivity contribution in [3.05, 3.63) is 12.3 Å². The second-order valence-electron chi connectivity index (χ2n) is 5.07. The fraction of sp³-hybridized carbons (Fsp3) is 0.643. The number of anilines is 1. The summed E-state index contributed by atoms with van der Waals surface area (Å²) >= 11 is 0. The molecular weight excluding hydrogens is 258 g/mol. The molecule has 0 radical (unpaired) electrons. The van der Waals surface area contributed by atoms with Gasteiger partial charge in [-0.05, 0) is 25.2 Å². The van der Waals surface area contributed by atoms with Gasteiger partial charge in [-0.3, -0.25) is 4.79 Å². The zero-order valence-corrected chi connectivity index (χ0v) is 11.8. The number of aliphatic carboxylic acids is 1. The summed E-state index contributed by atoms with van der Waals surface area (Å²) in [5.74, 6) is 0.829. The van der Waals surface area contributed by atoms with Crippen LogP contribution in [0, 0.1) is 5.92 Å². The number of nitrogens with zero attached hydrogens (tertiary/aromatic N) is 3. The Labute approximate surface area is 118 Å². The van der Waals surface area contributed by atoms with Crippen molar-refractivity contribution in [1.29, 1.82) is 0 Å². The Morgan fingerprint density at radius 1 is 1.50 bits per heavy atom. The zero-order valence-electron chi connectivity index (χ0n) is 11.8. The Bertz CT molecular complexity index is 445. The van der Waals surface area contributed by atoms with Crippen molar-refractivity contribution in [2.24, 2.45) is 5.92 Å². The average Bonchev–Trinajstić information content (AvgIpc) is 2.45. The first-order valence-electron chi connectivity index (χ1n) is 7.11. The molecule has 1 aliphatic heterocycles. The summed E-state index contributed by atoms with van der Waals surface area (Å²) in [5, 5.41) is 8.81. The van der Waals surface area contributed by atoms with Gasteiger partial charge >= 0.3 is 5.97 Å². The number of carboxylic acid groups (broad SMARTS) is 1. The van der Waals surface area contributed by atoms with Gasteiger partial charge < -0.3 is 14.7 Å². The lowest BCUT2D eigenvalue weighted by Crippen LogP contribution is -2.35. The molecule has 1 saturated heterocycles. The van der Waals surface area contributed by atoms with Crippen molar-refractivity contribution in [3.63, 3.8) is 0 Å². The van der Waals surface area contributed by atoms with Crippen molar-refractivity contribution in [2.45, 2.75) is 32.6 Å².